The number of aromatic nitrogens is 2. The molecule has 20 heavy (non-hydrogen) atoms. The monoisotopic (exact) mass is 273 g/mol. The highest BCUT2D eigenvalue weighted by atomic mass is 16.4. The summed E-state index contributed by atoms with van der Waals surface area (Å²) >= 11 is 0. The third-order valence-corrected chi connectivity index (χ3v) is 3.94. The zero-order valence-electron chi connectivity index (χ0n) is 11.7. The van der Waals surface area contributed by atoms with Gasteiger partial charge < -0.3 is 5.11 Å². The van der Waals surface area contributed by atoms with Crippen LogP contribution in [0.1, 0.15) is 41.3 Å². The quantitative estimate of drug-likeness (QED) is 0.932. The maximum atomic E-state index is 11.3. The molecule has 2 aromatic heterocycles. The molecule has 0 aromatic carbocycles. The molecule has 0 unspecified atom stereocenters. The molecule has 2 aromatic rings. The molecule has 3 heterocycles. The summed E-state index contributed by atoms with van der Waals surface area (Å²) in [6, 6.07) is 5.69. The van der Waals surface area contributed by atoms with Crippen LogP contribution in [-0.2, 0) is 6.54 Å². The molecule has 0 amide bonds. The molecule has 0 radical (unpaired) electrons. The smallest absolute Gasteiger partial charge is 0.356 e. The molecule has 106 valence electrons. The number of rotatable bonds is 3. The lowest BCUT2D eigenvalue weighted by molar-refractivity contribution is 0.0693. The number of fused-ring (bicyclic) bond motifs is 1. The van der Waals surface area contributed by atoms with Crippen LogP contribution in [-0.4, -0.2) is 38.4 Å². The van der Waals surface area contributed by atoms with E-state index in [4.69, 9.17) is 0 Å². The number of aromatic carboxylic acids is 1. The molecule has 0 atom stereocenters. The molecule has 1 aliphatic rings. The second kappa shape index (κ2) is 5.25. The van der Waals surface area contributed by atoms with Gasteiger partial charge in [0.05, 0.1) is 12.1 Å². The Hall–Kier alpha value is -1.88. The Labute approximate surface area is 117 Å². The van der Waals surface area contributed by atoms with Gasteiger partial charge in [0.1, 0.15) is 5.82 Å². The molecule has 0 saturated carbocycles. The number of pyridine rings is 1. The molecule has 5 nitrogen and oxygen atoms in total. The van der Waals surface area contributed by atoms with Crippen molar-refractivity contribution < 1.29 is 9.90 Å². The number of piperidine rings is 1. The second-order valence-corrected chi connectivity index (χ2v) is 5.41. The number of carboxylic acid groups (broad SMARTS) is 1. The Balaban J connectivity index is 2.03. The van der Waals surface area contributed by atoms with Crippen LogP contribution in [0.2, 0.25) is 0 Å². The van der Waals surface area contributed by atoms with Crippen LogP contribution < -0.4 is 0 Å². The van der Waals surface area contributed by atoms with E-state index in [2.05, 4.69) is 9.88 Å². The van der Waals surface area contributed by atoms with Gasteiger partial charge in [-0.05, 0) is 45.0 Å². The highest BCUT2D eigenvalue weighted by Gasteiger charge is 2.20. The number of hydrogen-bond donors (Lipinski definition) is 1. The van der Waals surface area contributed by atoms with Gasteiger partial charge in [-0.3, -0.25) is 9.30 Å². The molecule has 0 aliphatic carbocycles. The minimum atomic E-state index is -0.960. The average molecular weight is 273 g/mol. The molecule has 1 aliphatic heterocycles. The van der Waals surface area contributed by atoms with Crippen molar-refractivity contribution in [1.82, 2.24) is 14.3 Å². The van der Waals surface area contributed by atoms with Crippen LogP contribution in [0.25, 0.3) is 5.52 Å². The average Bonchev–Trinajstić information content (AvgIpc) is 2.80. The first-order valence-corrected chi connectivity index (χ1v) is 7.09. The lowest BCUT2D eigenvalue weighted by Crippen LogP contribution is -2.30. The van der Waals surface area contributed by atoms with E-state index in [-0.39, 0.29) is 5.69 Å². The first-order chi connectivity index (χ1) is 9.66. The van der Waals surface area contributed by atoms with E-state index >= 15 is 0 Å². The van der Waals surface area contributed by atoms with Crippen LogP contribution >= 0.6 is 0 Å². The van der Waals surface area contributed by atoms with E-state index in [0.717, 1.165) is 31.2 Å². The van der Waals surface area contributed by atoms with Gasteiger partial charge in [0, 0.05) is 5.69 Å². The van der Waals surface area contributed by atoms with Gasteiger partial charge in [-0.2, -0.15) is 0 Å². The van der Waals surface area contributed by atoms with E-state index in [1.165, 1.54) is 19.3 Å². The van der Waals surface area contributed by atoms with Crippen LogP contribution in [0.4, 0.5) is 0 Å². The van der Waals surface area contributed by atoms with Crippen molar-refractivity contribution >= 4 is 11.5 Å². The Bertz CT molecular complexity index is 642. The van der Waals surface area contributed by atoms with Gasteiger partial charge in [0.15, 0.2) is 5.69 Å². The third-order valence-electron chi connectivity index (χ3n) is 3.94. The normalized spacial score (nSPS) is 16.6. The first-order valence-electron chi connectivity index (χ1n) is 7.09. The molecule has 1 N–H and O–H groups in total. The number of hydrogen-bond acceptors (Lipinski definition) is 3. The maximum Gasteiger partial charge on any atom is 0.356 e. The summed E-state index contributed by atoms with van der Waals surface area (Å²) in [4.78, 5) is 18.1. The van der Waals surface area contributed by atoms with Gasteiger partial charge in [0.2, 0.25) is 0 Å². The number of imidazole rings is 1. The minimum absolute atomic E-state index is 0.153. The van der Waals surface area contributed by atoms with E-state index in [1.807, 2.05) is 29.5 Å². The Morgan fingerprint density at radius 2 is 2.05 bits per heavy atom. The van der Waals surface area contributed by atoms with Crippen molar-refractivity contribution in [2.24, 2.45) is 0 Å². The Kier molecular flexibility index (Phi) is 3.44. The van der Waals surface area contributed by atoms with Crippen molar-refractivity contribution in [2.45, 2.75) is 32.7 Å². The van der Waals surface area contributed by atoms with Gasteiger partial charge in [0.25, 0.3) is 0 Å². The standard InChI is InChI=1S/C15H19N3O2/c1-11-6-5-7-12-14(15(19)20)16-13(18(11)12)10-17-8-3-2-4-9-17/h5-7H,2-4,8-10H2,1H3,(H,19,20). The second-order valence-electron chi connectivity index (χ2n) is 5.41. The third kappa shape index (κ3) is 2.29. The predicted molar refractivity (Wildman–Crippen MR) is 76.0 cm³/mol. The van der Waals surface area contributed by atoms with Gasteiger partial charge in [-0.1, -0.05) is 12.5 Å². The van der Waals surface area contributed by atoms with Gasteiger partial charge >= 0.3 is 5.97 Å². The number of likely N-dealkylation sites (tertiary alicyclic amines) is 1. The maximum absolute atomic E-state index is 11.3. The van der Waals surface area contributed by atoms with E-state index in [9.17, 15) is 9.90 Å². The van der Waals surface area contributed by atoms with Crippen LogP contribution in [0, 0.1) is 6.92 Å². The van der Waals surface area contributed by atoms with Crippen molar-refractivity contribution in [3.05, 3.63) is 35.4 Å². The number of carboxylic acids is 1. The number of nitrogens with zero attached hydrogens (tertiary/aromatic N) is 3. The van der Waals surface area contributed by atoms with Crippen molar-refractivity contribution in [2.75, 3.05) is 13.1 Å². The lowest BCUT2D eigenvalue weighted by atomic mass is 10.1. The zero-order valence-corrected chi connectivity index (χ0v) is 11.7. The molecular weight excluding hydrogens is 254 g/mol. The Morgan fingerprint density at radius 1 is 1.30 bits per heavy atom. The fourth-order valence-electron chi connectivity index (χ4n) is 2.96. The van der Waals surface area contributed by atoms with Crippen LogP contribution in [0.15, 0.2) is 18.2 Å². The molecule has 1 saturated heterocycles. The highest BCUT2D eigenvalue weighted by Crippen LogP contribution is 2.19. The molecule has 0 spiro atoms. The van der Waals surface area contributed by atoms with Crippen LogP contribution in [0.5, 0.6) is 0 Å². The minimum Gasteiger partial charge on any atom is -0.476 e. The summed E-state index contributed by atoms with van der Waals surface area (Å²) in [5.41, 5.74) is 1.86. The molecule has 0 bridgehead atoms. The van der Waals surface area contributed by atoms with E-state index in [0.29, 0.717) is 5.52 Å². The Morgan fingerprint density at radius 3 is 2.75 bits per heavy atom. The van der Waals surface area contributed by atoms with Crippen molar-refractivity contribution in [1.29, 1.82) is 0 Å². The predicted octanol–water partition coefficient (Wildman–Crippen LogP) is 2.33. The highest BCUT2D eigenvalue weighted by molar-refractivity contribution is 5.93. The summed E-state index contributed by atoms with van der Waals surface area (Å²) in [5, 5.41) is 9.30. The molecule has 3 rings (SSSR count). The summed E-state index contributed by atoms with van der Waals surface area (Å²) in [7, 11) is 0. The van der Waals surface area contributed by atoms with E-state index < -0.39 is 5.97 Å². The van der Waals surface area contributed by atoms with Crippen LogP contribution in [0.3, 0.4) is 0 Å². The fourth-order valence-corrected chi connectivity index (χ4v) is 2.96. The van der Waals surface area contributed by atoms with Crippen molar-refractivity contribution in [3.8, 4) is 0 Å². The number of carbonyl (C=O) groups is 1. The summed E-state index contributed by atoms with van der Waals surface area (Å²) in [5.74, 6) is -0.129. The van der Waals surface area contributed by atoms with Gasteiger partial charge in [-0.15, -0.1) is 0 Å². The van der Waals surface area contributed by atoms with Gasteiger partial charge in [-0.25, -0.2) is 9.78 Å². The number of aryl methyl sites for hydroxylation is 1. The van der Waals surface area contributed by atoms with E-state index in [1.54, 1.807) is 0 Å². The summed E-state index contributed by atoms with van der Waals surface area (Å²) in [6.07, 6.45) is 3.72. The zero-order chi connectivity index (χ0) is 14.1. The summed E-state index contributed by atoms with van der Waals surface area (Å²) in [6.45, 7) is 4.85. The molecule has 5 heteroatoms. The van der Waals surface area contributed by atoms with Crippen molar-refractivity contribution in [3.63, 3.8) is 0 Å². The topological polar surface area (TPSA) is 57.8 Å². The SMILES string of the molecule is Cc1cccc2c(C(=O)O)nc(CN3CCCCC3)n12. The fraction of sp³-hybridized carbons (Fsp3) is 0.467. The first kappa shape index (κ1) is 13.1. The largest absolute Gasteiger partial charge is 0.476 e. The molecular formula is C15H19N3O2. The molecule has 1 fully saturated rings. The summed E-state index contributed by atoms with van der Waals surface area (Å²) < 4.78 is 1.97. The lowest BCUT2D eigenvalue weighted by Gasteiger charge is -2.25.